The zero-order valence-corrected chi connectivity index (χ0v) is 28.9. The van der Waals surface area contributed by atoms with Gasteiger partial charge in [0.15, 0.2) is 17.5 Å². The largest absolute Gasteiger partial charge is 0.208 e. The summed E-state index contributed by atoms with van der Waals surface area (Å²) in [7, 11) is 0. The molecule has 1 atom stereocenters. The molecule has 0 amide bonds. The molecule has 3 heteroatoms. The Hall–Kier alpha value is -5.67. The standard InChI is InChI=1S/C47H41N3/c1-4-6-17-31-47(32(3)5-2)42-28-16-15-25-38(42)40-27-18-26-39(43(40)47)37-29-30-41(36-24-14-13-23-35(36)37)46-49-44(33-19-9-7-10-20-33)48-45(50-46)34-21-11-8-12-22-34/h7-16,18-30H,3-6,17,31H2,1-2H3. The molecule has 0 bridgehead atoms. The molecule has 1 aromatic heterocycles. The fraction of sp³-hybridized carbons (Fsp3) is 0.170. The van der Waals surface area contributed by atoms with Crippen molar-refractivity contribution >= 4 is 10.8 Å². The average molecular weight is 648 g/mol. The van der Waals surface area contributed by atoms with E-state index in [1.807, 2.05) is 36.4 Å². The Labute approximate surface area is 295 Å². The van der Waals surface area contributed by atoms with E-state index in [0.717, 1.165) is 41.3 Å². The third kappa shape index (κ3) is 5.25. The number of hydrogen-bond donors (Lipinski definition) is 0. The van der Waals surface area contributed by atoms with Gasteiger partial charge >= 0.3 is 0 Å². The van der Waals surface area contributed by atoms with E-state index < -0.39 is 0 Å². The van der Waals surface area contributed by atoms with Crippen molar-refractivity contribution in [3.8, 4) is 56.4 Å². The first-order chi connectivity index (χ1) is 24.6. The summed E-state index contributed by atoms with van der Waals surface area (Å²) in [5, 5.41) is 2.30. The van der Waals surface area contributed by atoms with E-state index in [1.165, 1.54) is 57.2 Å². The second kappa shape index (κ2) is 13.3. The molecule has 1 heterocycles. The third-order valence-corrected chi connectivity index (χ3v) is 10.5. The molecule has 244 valence electrons. The molecule has 3 nitrogen and oxygen atoms in total. The van der Waals surface area contributed by atoms with Gasteiger partial charge in [0.05, 0.1) is 0 Å². The first-order valence-electron chi connectivity index (χ1n) is 17.9. The van der Waals surface area contributed by atoms with Crippen molar-refractivity contribution in [3.63, 3.8) is 0 Å². The highest BCUT2D eigenvalue weighted by Crippen LogP contribution is 2.58. The Balaban J connectivity index is 1.36. The summed E-state index contributed by atoms with van der Waals surface area (Å²) in [4.78, 5) is 15.1. The van der Waals surface area contributed by atoms with Crippen molar-refractivity contribution in [1.82, 2.24) is 15.0 Å². The second-order valence-corrected chi connectivity index (χ2v) is 13.3. The van der Waals surface area contributed by atoms with Gasteiger partial charge in [-0.15, -0.1) is 0 Å². The van der Waals surface area contributed by atoms with Crippen molar-refractivity contribution in [3.05, 3.63) is 163 Å². The van der Waals surface area contributed by atoms with Crippen molar-refractivity contribution in [2.45, 2.75) is 51.4 Å². The highest BCUT2D eigenvalue weighted by atomic mass is 15.0. The van der Waals surface area contributed by atoms with Crippen molar-refractivity contribution in [1.29, 1.82) is 0 Å². The van der Waals surface area contributed by atoms with Gasteiger partial charge < -0.3 is 0 Å². The van der Waals surface area contributed by atoms with Crippen LogP contribution < -0.4 is 0 Å². The second-order valence-electron chi connectivity index (χ2n) is 13.3. The van der Waals surface area contributed by atoms with Gasteiger partial charge in [0, 0.05) is 22.1 Å². The van der Waals surface area contributed by atoms with Crippen LogP contribution in [0.25, 0.3) is 67.2 Å². The smallest absolute Gasteiger partial charge is 0.164 e. The monoisotopic (exact) mass is 647 g/mol. The third-order valence-electron chi connectivity index (χ3n) is 10.5. The molecule has 1 unspecified atom stereocenters. The van der Waals surface area contributed by atoms with E-state index in [4.69, 9.17) is 21.5 Å². The normalized spacial score (nSPS) is 14.8. The van der Waals surface area contributed by atoms with Crippen LogP contribution in [-0.4, -0.2) is 15.0 Å². The fourth-order valence-electron chi connectivity index (χ4n) is 8.09. The summed E-state index contributed by atoms with van der Waals surface area (Å²) in [6, 6.07) is 49.5. The number of aromatic nitrogens is 3. The van der Waals surface area contributed by atoms with Crippen LogP contribution in [0.2, 0.25) is 0 Å². The van der Waals surface area contributed by atoms with Crippen LogP contribution >= 0.6 is 0 Å². The SMILES string of the molecule is C=C(CC)C1(CCCCC)c2ccccc2-c2cccc(-c3ccc(-c4nc(-c5ccccc5)nc(-c5ccccc5)n4)c4ccccc34)c21. The summed E-state index contributed by atoms with van der Waals surface area (Å²) in [5.41, 5.74) is 11.9. The van der Waals surface area contributed by atoms with Gasteiger partial charge in [-0.25, -0.2) is 15.0 Å². The van der Waals surface area contributed by atoms with Crippen LogP contribution in [0.4, 0.5) is 0 Å². The molecule has 0 saturated heterocycles. The highest BCUT2D eigenvalue weighted by molar-refractivity contribution is 6.06. The molecular formula is C47H41N3. The van der Waals surface area contributed by atoms with Crippen molar-refractivity contribution in [2.75, 3.05) is 0 Å². The minimum Gasteiger partial charge on any atom is -0.208 e. The van der Waals surface area contributed by atoms with Crippen LogP contribution in [0.3, 0.4) is 0 Å². The molecule has 7 aromatic rings. The lowest BCUT2D eigenvalue weighted by Gasteiger charge is -2.36. The van der Waals surface area contributed by atoms with Gasteiger partial charge in [0.1, 0.15) is 0 Å². The zero-order valence-electron chi connectivity index (χ0n) is 28.9. The number of rotatable bonds is 10. The molecule has 0 fully saturated rings. The van der Waals surface area contributed by atoms with Crippen LogP contribution in [0.1, 0.15) is 57.1 Å². The van der Waals surface area contributed by atoms with E-state index in [1.54, 1.807) is 0 Å². The number of hydrogen-bond acceptors (Lipinski definition) is 3. The minimum atomic E-state index is -0.240. The average Bonchev–Trinajstić information content (AvgIpc) is 3.48. The predicted molar refractivity (Wildman–Crippen MR) is 209 cm³/mol. The van der Waals surface area contributed by atoms with E-state index in [0.29, 0.717) is 17.5 Å². The summed E-state index contributed by atoms with van der Waals surface area (Å²) in [6.07, 6.45) is 5.54. The van der Waals surface area contributed by atoms with E-state index in [2.05, 4.69) is 117 Å². The van der Waals surface area contributed by atoms with Gasteiger partial charge in [0.25, 0.3) is 0 Å². The number of nitrogens with zero attached hydrogens (tertiary/aromatic N) is 3. The fourth-order valence-corrected chi connectivity index (χ4v) is 8.09. The summed E-state index contributed by atoms with van der Waals surface area (Å²) < 4.78 is 0. The maximum atomic E-state index is 5.10. The van der Waals surface area contributed by atoms with Gasteiger partial charge in [-0.1, -0.05) is 179 Å². The van der Waals surface area contributed by atoms with Gasteiger partial charge in [-0.05, 0) is 63.1 Å². The van der Waals surface area contributed by atoms with Crippen molar-refractivity contribution in [2.24, 2.45) is 0 Å². The van der Waals surface area contributed by atoms with E-state index in [-0.39, 0.29) is 5.41 Å². The Kier molecular flexibility index (Phi) is 8.42. The molecule has 8 rings (SSSR count). The van der Waals surface area contributed by atoms with Crippen molar-refractivity contribution < 1.29 is 0 Å². The van der Waals surface area contributed by atoms with Gasteiger partial charge in [-0.3, -0.25) is 0 Å². The Morgan fingerprint density at radius 3 is 1.66 bits per heavy atom. The van der Waals surface area contributed by atoms with Crippen LogP contribution in [0, 0.1) is 0 Å². The molecule has 0 N–H and O–H groups in total. The molecule has 0 saturated carbocycles. The lowest BCUT2D eigenvalue weighted by molar-refractivity contribution is 0.507. The molecule has 6 aromatic carbocycles. The summed E-state index contributed by atoms with van der Waals surface area (Å²) in [6.45, 7) is 9.35. The van der Waals surface area contributed by atoms with Crippen LogP contribution in [0.15, 0.2) is 152 Å². The lowest BCUT2D eigenvalue weighted by atomic mass is 9.66. The minimum absolute atomic E-state index is 0.240. The number of benzene rings is 6. The lowest BCUT2D eigenvalue weighted by Crippen LogP contribution is -2.28. The molecule has 0 aliphatic heterocycles. The number of allylic oxidation sites excluding steroid dienone is 1. The number of unbranched alkanes of at least 4 members (excludes halogenated alkanes) is 2. The Bertz CT molecular complexity index is 2280. The Morgan fingerprint density at radius 1 is 0.500 bits per heavy atom. The van der Waals surface area contributed by atoms with E-state index >= 15 is 0 Å². The molecule has 50 heavy (non-hydrogen) atoms. The first-order valence-corrected chi connectivity index (χ1v) is 17.9. The summed E-state index contributed by atoms with van der Waals surface area (Å²) >= 11 is 0. The maximum Gasteiger partial charge on any atom is 0.164 e. The molecular weight excluding hydrogens is 607 g/mol. The van der Waals surface area contributed by atoms with Crippen LogP contribution in [0.5, 0.6) is 0 Å². The highest BCUT2D eigenvalue weighted by Gasteiger charge is 2.45. The van der Waals surface area contributed by atoms with Gasteiger partial charge in [0.2, 0.25) is 0 Å². The molecule has 1 aliphatic carbocycles. The van der Waals surface area contributed by atoms with Gasteiger partial charge in [-0.2, -0.15) is 0 Å². The van der Waals surface area contributed by atoms with E-state index in [9.17, 15) is 0 Å². The first kappa shape index (κ1) is 31.6. The van der Waals surface area contributed by atoms with Crippen LogP contribution in [-0.2, 0) is 5.41 Å². The zero-order chi connectivity index (χ0) is 34.1. The topological polar surface area (TPSA) is 38.7 Å². The predicted octanol–water partition coefficient (Wildman–Crippen LogP) is 12.5. The number of fused-ring (bicyclic) bond motifs is 4. The molecule has 1 aliphatic rings. The maximum absolute atomic E-state index is 5.10. The summed E-state index contributed by atoms with van der Waals surface area (Å²) in [5.74, 6) is 1.99. The Morgan fingerprint density at radius 2 is 1.02 bits per heavy atom. The molecule has 0 radical (unpaired) electrons. The quantitative estimate of drug-likeness (QED) is 0.110. The molecule has 0 spiro atoms.